The first kappa shape index (κ1) is 18.4. The molecule has 1 aromatic heterocycles. The summed E-state index contributed by atoms with van der Waals surface area (Å²) in [6, 6.07) is 16.2. The molecule has 0 aliphatic carbocycles. The highest BCUT2D eigenvalue weighted by Gasteiger charge is 2.36. The zero-order valence-electron chi connectivity index (χ0n) is 15.4. The normalized spacial score (nSPS) is 13.2. The Bertz CT molecular complexity index is 1090. The van der Waals surface area contributed by atoms with Gasteiger partial charge in [-0.2, -0.15) is 0 Å². The number of aryl methyl sites for hydroxylation is 1. The molecule has 0 unspecified atom stereocenters. The van der Waals surface area contributed by atoms with Gasteiger partial charge < -0.3 is 4.57 Å². The Morgan fingerprint density at radius 3 is 2.07 bits per heavy atom. The topological polar surface area (TPSA) is 59.4 Å². The summed E-state index contributed by atoms with van der Waals surface area (Å²) in [6.45, 7) is 3.52. The number of nitrogens with zero attached hydrogens (tertiary/aromatic N) is 2. The van der Waals surface area contributed by atoms with Crippen molar-refractivity contribution in [2.45, 2.75) is 13.8 Å². The minimum Gasteiger partial charge on any atom is -0.318 e. The first-order valence-electron chi connectivity index (χ1n) is 8.82. The van der Waals surface area contributed by atoms with Gasteiger partial charge in [-0.25, -0.2) is 0 Å². The molecule has 0 saturated heterocycles. The zero-order chi connectivity index (χ0) is 20.0. The largest absolute Gasteiger partial charge is 0.318 e. The van der Waals surface area contributed by atoms with Crippen molar-refractivity contribution in [1.82, 2.24) is 9.47 Å². The number of fused-ring (bicyclic) bond motifs is 1. The quantitative estimate of drug-likeness (QED) is 0.451. The molecule has 1 aliphatic heterocycles. The number of Topliss-reactive ketones (excluding diaryl/α,β-unsaturated/α-hetero) is 1. The van der Waals surface area contributed by atoms with Crippen LogP contribution >= 0.6 is 15.9 Å². The van der Waals surface area contributed by atoms with Crippen LogP contribution in [0.5, 0.6) is 0 Å². The lowest BCUT2D eigenvalue weighted by molar-refractivity contribution is 0.0624. The van der Waals surface area contributed by atoms with Crippen LogP contribution in [0.4, 0.5) is 0 Å². The van der Waals surface area contributed by atoms with E-state index in [9.17, 15) is 14.4 Å². The van der Waals surface area contributed by atoms with Crippen LogP contribution in [0.15, 0.2) is 59.1 Å². The monoisotopic (exact) mass is 436 g/mol. The van der Waals surface area contributed by atoms with E-state index in [1.54, 1.807) is 30.3 Å². The number of carbonyl (C=O) groups excluding carboxylic acids is 3. The first-order chi connectivity index (χ1) is 13.4. The van der Waals surface area contributed by atoms with Gasteiger partial charge in [0.1, 0.15) is 0 Å². The van der Waals surface area contributed by atoms with E-state index < -0.39 is 11.8 Å². The number of amides is 2. The van der Waals surface area contributed by atoms with Gasteiger partial charge in [-0.3, -0.25) is 19.3 Å². The molecular weight excluding hydrogens is 420 g/mol. The molecule has 0 bridgehead atoms. The predicted octanol–water partition coefficient (Wildman–Crippen LogP) is 4.34. The van der Waals surface area contributed by atoms with Crippen LogP contribution in [-0.2, 0) is 0 Å². The van der Waals surface area contributed by atoms with Crippen molar-refractivity contribution in [2.24, 2.45) is 0 Å². The van der Waals surface area contributed by atoms with E-state index in [-0.39, 0.29) is 12.3 Å². The molecule has 140 valence electrons. The van der Waals surface area contributed by atoms with Crippen LogP contribution in [0.2, 0.25) is 0 Å². The minimum absolute atomic E-state index is 0.258. The van der Waals surface area contributed by atoms with Crippen molar-refractivity contribution in [3.63, 3.8) is 0 Å². The van der Waals surface area contributed by atoms with Crippen molar-refractivity contribution in [3.05, 3.63) is 87.1 Å². The second-order valence-electron chi connectivity index (χ2n) is 6.76. The van der Waals surface area contributed by atoms with Crippen LogP contribution < -0.4 is 0 Å². The maximum atomic E-state index is 12.9. The van der Waals surface area contributed by atoms with Gasteiger partial charge in [0.2, 0.25) is 0 Å². The summed E-state index contributed by atoms with van der Waals surface area (Å²) in [4.78, 5) is 39.0. The fourth-order valence-corrected chi connectivity index (χ4v) is 3.91. The Balaban J connectivity index is 1.63. The molecule has 0 N–H and O–H groups in total. The molecule has 28 heavy (non-hydrogen) atoms. The molecule has 1 aliphatic rings. The number of hydrogen-bond donors (Lipinski definition) is 0. The Hall–Kier alpha value is -2.99. The van der Waals surface area contributed by atoms with Crippen molar-refractivity contribution >= 4 is 33.5 Å². The molecule has 6 heteroatoms. The molecule has 0 atom stereocenters. The Labute approximate surface area is 170 Å². The molecule has 2 amide bonds. The van der Waals surface area contributed by atoms with Crippen LogP contribution in [-0.4, -0.2) is 33.6 Å². The number of ketones is 1. The lowest BCUT2D eigenvalue weighted by Gasteiger charge is -2.13. The van der Waals surface area contributed by atoms with Crippen LogP contribution in [0, 0.1) is 13.8 Å². The molecule has 3 aromatic rings. The summed E-state index contributed by atoms with van der Waals surface area (Å²) < 4.78 is 2.96. The summed E-state index contributed by atoms with van der Waals surface area (Å²) in [7, 11) is 0. The van der Waals surface area contributed by atoms with Gasteiger partial charge in [-0.05, 0) is 56.3 Å². The van der Waals surface area contributed by atoms with E-state index in [2.05, 4.69) is 15.9 Å². The number of imide groups is 1. The third-order valence-corrected chi connectivity index (χ3v) is 5.52. The standard InChI is InChI=1S/C22H17BrN2O3/c1-13-11-19(14(2)25(13)16-9-7-15(23)8-10-16)20(26)12-24-21(27)17-5-3-4-6-18(17)22(24)28/h3-11H,12H2,1-2H3. The Morgan fingerprint density at radius 2 is 1.50 bits per heavy atom. The summed E-state index contributed by atoms with van der Waals surface area (Å²) in [5, 5.41) is 0. The fraction of sp³-hybridized carbons (Fsp3) is 0.136. The van der Waals surface area contributed by atoms with Gasteiger partial charge in [-0.1, -0.05) is 28.1 Å². The fourth-order valence-electron chi connectivity index (χ4n) is 3.64. The lowest BCUT2D eigenvalue weighted by Crippen LogP contribution is -2.35. The van der Waals surface area contributed by atoms with Gasteiger partial charge in [0.15, 0.2) is 5.78 Å². The third kappa shape index (κ3) is 2.90. The van der Waals surface area contributed by atoms with Gasteiger partial charge in [0, 0.05) is 27.1 Å². The highest BCUT2D eigenvalue weighted by Crippen LogP contribution is 2.25. The molecule has 4 rings (SSSR count). The number of aromatic nitrogens is 1. The Kier molecular flexibility index (Phi) is 4.51. The summed E-state index contributed by atoms with van der Waals surface area (Å²) in [5.41, 5.74) is 3.84. The highest BCUT2D eigenvalue weighted by atomic mass is 79.9. The van der Waals surface area contributed by atoms with E-state index in [0.29, 0.717) is 16.7 Å². The highest BCUT2D eigenvalue weighted by molar-refractivity contribution is 9.10. The molecule has 2 heterocycles. The maximum Gasteiger partial charge on any atom is 0.261 e. The average molecular weight is 437 g/mol. The number of carbonyl (C=O) groups is 3. The average Bonchev–Trinajstić information content (AvgIpc) is 3.11. The molecule has 0 saturated carbocycles. The Morgan fingerprint density at radius 1 is 0.929 bits per heavy atom. The van der Waals surface area contributed by atoms with Gasteiger partial charge >= 0.3 is 0 Å². The van der Waals surface area contributed by atoms with Gasteiger partial charge in [0.25, 0.3) is 11.8 Å². The van der Waals surface area contributed by atoms with E-state index in [1.807, 2.05) is 42.7 Å². The SMILES string of the molecule is Cc1cc(C(=O)CN2C(=O)c3ccccc3C2=O)c(C)n1-c1ccc(Br)cc1. The zero-order valence-corrected chi connectivity index (χ0v) is 17.0. The third-order valence-electron chi connectivity index (χ3n) is 5.00. The summed E-state index contributed by atoms with van der Waals surface area (Å²) >= 11 is 3.42. The lowest BCUT2D eigenvalue weighted by atomic mass is 10.1. The molecule has 5 nitrogen and oxygen atoms in total. The predicted molar refractivity (Wildman–Crippen MR) is 109 cm³/mol. The maximum absolute atomic E-state index is 12.9. The van der Waals surface area contributed by atoms with Crippen molar-refractivity contribution < 1.29 is 14.4 Å². The van der Waals surface area contributed by atoms with Crippen molar-refractivity contribution in [2.75, 3.05) is 6.54 Å². The van der Waals surface area contributed by atoms with Crippen LogP contribution in [0.25, 0.3) is 5.69 Å². The van der Waals surface area contributed by atoms with Gasteiger partial charge in [-0.15, -0.1) is 0 Å². The van der Waals surface area contributed by atoms with E-state index in [0.717, 1.165) is 26.4 Å². The molecule has 0 spiro atoms. The summed E-state index contributed by atoms with van der Waals surface area (Å²) in [5.74, 6) is -1.10. The van der Waals surface area contributed by atoms with E-state index >= 15 is 0 Å². The van der Waals surface area contributed by atoms with Gasteiger partial charge in [0.05, 0.1) is 17.7 Å². The van der Waals surface area contributed by atoms with Crippen LogP contribution in [0.3, 0.4) is 0 Å². The molecule has 0 radical (unpaired) electrons. The second kappa shape index (κ2) is 6.87. The second-order valence-corrected chi connectivity index (χ2v) is 7.68. The first-order valence-corrected chi connectivity index (χ1v) is 9.61. The molecule has 2 aromatic carbocycles. The molecule has 0 fully saturated rings. The number of rotatable bonds is 4. The number of hydrogen-bond acceptors (Lipinski definition) is 3. The smallest absolute Gasteiger partial charge is 0.261 e. The summed E-state index contributed by atoms with van der Waals surface area (Å²) in [6.07, 6.45) is 0. The van der Waals surface area contributed by atoms with E-state index in [4.69, 9.17) is 0 Å². The number of halogens is 1. The molecular formula is C22H17BrN2O3. The minimum atomic E-state index is -0.421. The van der Waals surface area contributed by atoms with Crippen molar-refractivity contribution in [1.29, 1.82) is 0 Å². The van der Waals surface area contributed by atoms with E-state index in [1.165, 1.54) is 0 Å². The van der Waals surface area contributed by atoms with Crippen LogP contribution in [0.1, 0.15) is 42.5 Å². The van der Waals surface area contributed by atoms with Crippen molar-refractivity contribution in [3.8, 4) is 5.69 Å². The number of benzene rings is 2.